The van der Waals surface area contributed by atoms with E-state index in [-0.39, 0.29) is 16.7 Å². The second kappa shape index (κ2) is 7.28. The number of rotatable bonds is 4. The van der Waals surface area contributed by atoms with E-state index in [0.29, 0.717) is 12.2 Å². The fourth-order valence-corrected chi connectivity index (χ4v) is 5.23. The van der Waals surface area contributed by atoms with Gasteiger partial charge < -0.3 is 4.90 Å². The number of carbonyl (C=O) groups excluding carboxylic acids is 1. The number of hydrogen-bond acceptors (Lipinski definition) is 3. The lowest BCUT2D eigenvalue weighted by molar-refractivity contribution is -0.122. The molecule has 7 heteroatoms. The highest BCUT2D eigenvalue weighted by atomic mass is 79.9. The average molecular weight is 449 g/mol. The summed E-state index contributed by atoms with van der Waals surface area (Å²) in [4.78, 5) is 14.8. The normalized spacial score (nSPS) is 17.1. The third-order valence-electron chi connectivity index (χ3n) is 5.32. The van der Waals surface area contributed by atoms with Crippen LogP contribution in [0.2, 0.25) is 0 Å². The van der Waals surface area contributed by atoms with Gasteiger partial charge in [-0.15, -0.1) is 0 Å². The van der Waals surface area contributed by atoms with Crippen LogP contribution in [0.3, 0.4) is 0 Å². The molecule has 1 fully saturated rings. The molecule has 0 bridgehead atoms. The second-order valence-electron chi connectivity index (χ2n) is 7.12. The maximum Gasteiger partial charge on any atom is 0.261 e. The van der Waals surface area contributed by atoms with Gasteiger partial charge in [-0.2, -0.15) is 0 Å². The number of benzene rings is 2. The molecular formula is C20H21BrN2O3S. The molecule has 1 saturated carbocycles. The minimum Gasteiger partial charge on any atom is -0.312 e. The first-order valence-corrected chi connectivity index (χ1v) is 11.4. The molecule has 0 spiro atoms. The summed E-state index contributed by atoms with van der Waals surface area (Å²) in [5.41, 5.74) is 2.45. The largest absolute Gasteiger partial charge is 0.312 e. The van der Waals surface area contributed by atoms with Crippen LogP contribution in [0.5, 0.6) is 0 Å². The standard InChI is InChI=1S/C20H21BrN2O3S/c21-16-5-8-18(9-6-16)27(25,26)22-17-7-10-19-15(13-17)11-12-23(19)20(24)14-3-1-2-4-14/h5-10,13-14,22H,1-4,11-12H2. The first kappa shape index (κ1) is 18.5. The quantitative estimate of drug-likeness (QED) is 0.756. The number of amides is 1. The maximum atomic E-state index is 12.7. The highest BCUT2D eigenvalue weighted by Crippen LogP contribution is 2.35. The Labute approximate surface area is 167 Å². The lowest BCUT2D eigenvalue weighted by Gasteiger charge is -2.21. The van der Waals surface area contributed by atoms with E-state index in [0.717, 1.165) is 47.8 Å². The zero-order valence-corrected chi connectivity index (χ0v) is 17.2. The molecule has 4 rings (SSSR count). The van der Waals surface area contributed by atoms with E-state index in [1.807, 2.05) is 17.0 Å². The number of anilines is 2. The van der Waals surface area contributed by atoms with Gasteiger partial charge in [0.1, 0.15) is 0 Å². The summed E-state index contributed by atoms with van der Waals surface area (Å²) in [6.45, 7) is 0.674. The zero-order valence-electron chi connectivity index (χ0n) is 14.8. The maximum absolute atomic E-state index is 12.7. The van der Waals surface area contributed by atoms with Crippen molar-refractivity contribution in [1.82, 2.24) is 0 Å². The Bertz CT molecular complexity index is 967. The van der Waals surface area contributed by atoms with Gasteiger partial charge in [-0.05, 0) is 67.3 Å². The molecule has 0 aromatic heterocycles. The summed E-state index contributed by atoms with van der Waals surface area (Å²) >= 11 is 3.31. The van der Waals surface area contributed by atoms with Crippen LogP contribution >= 0.6 is 15.9 Å². The van der Waals surface area contributed by atoms with Gasteiger partial charge in [0.2, 0.25) is 5.91 Å². The van der Waals surface area contributed by atoms with Crippen LogP contribution in [0.15, 0.2) is 51.8 Å². The van der Waals surface area contributed by atoms with E-state index in [1.165, 1.54) is 0 Å². The van der Waals surface area contributed by atoms with Gasteiger partial charge in [0, 0.05) is 28.3 Å². The molecule has 27 heavy (non-hydrogen) atoms. The van der Waals surface area contributed by atoms with Crippen molar-refractivity contribution in [3.05, 3.63) is 52.5 Å². The van der Waals surface area contributed by atoms with Gasteiger partial charge in [-0.1, -0.05) is 28.8 Å². The molecule has 2 aromatic carbocycles. The number of sulfonamides is 1. The van der Waals surface area contributed by atoms with Gasteiger partial charge in [0.25, 0.3) is 10.0 Å². The highest BCUT2D eigenvalue weighted by Gasteiger charge is 2.32. The molecule has 2 aromatic rings. The lowest BCUT2D eigenvalue weighted by atomic mass is 10.1. The fourth-order valence-electron chi connectivity index (χ4n) is 3.92. The summed E-state index contributed by atoms with van der Waals surface area (Å²) < 4.78 is 28.6. The van der Waals surface area contributed by atoms with Crippen LogP contribution in [-0.4, -0.2) is 20.9 Å². The third-order valence-corrected chi connectivity index (χ3v) is 7.25. The second-order valence-corrected chi connectivity index (χ2v) is 9.72. The highest BCUT2D eigenvalue weighted by molar-refractivity contribution is 9.10. The van der Waals surface area contributed by atoms with E-state index >= 15 is 0 Å². The first-order valence-electron chi connectivity index (χ1n) is 9.17. The van der Waals surface area contributed by atoms with Crippen LogP contribution in [-0.2, 0) is 21.2 Å². The van der Waals surface area contributed by atoms with Crippen molar-refractivity contribution in [3.8, 4) is 0 Å². The SMILES string of the molecule is O=C(C1CCCC1)N1CCc2cc(NS(=O)(=O)c3ccc(Br)cc3)ccc21. The topological polar surface area (TPSA) is 66.5 Å². The van der Waals surface area contributed by atoms with E-state index in [9.17, 15) is 13.2 Å². The molecule has 2 aliphatic rings. The summed E-state index contributed by atoms with van der Waals surface area (Å²) in [6.07, 6.45) is 4.98. The predicted molar refractivity (Wildman–Crippen MR) is 109 cm³/mol. The van der Waals surface area contributed by atoms with Crippen LogP contribution in [0, 0.1) is 5.92 Å². The minimum absolute atomic E-state index is 0.145. The molecule has 1 heterocycles. The van der Waals surface area contributed by atoms with Gasteiger partial charge in [0.05, 0.1) is 4.90 Å². The summed E-state index contributed by atoms with van der Waals surface area (Å²) in [5, 5.41) is 0. The fraction of sp³-hybridized carbons (Fsp3) is 0.350. The molecule has 1 N–H and O–H groups in total. The Morgan fingerprint density at radius 1 is 1.07 bits per heavy atom. The average Bonchev–Trinajstić information content (AvgIpc) is 3.31. The zero-order chi connectivity index (χ0) is 19.0. The van der Waals surface area contributed by atoms with Gasteiger partial charge in [0.15, 0.2) is 0 Å². The number of carbonyl (C=O) groups is 1. The van der Waals surface area contributed by atoms with Crippen LogP contribution in [0.1, 0.15) is 31.2 Å². The lowest BCUT2D eigenvalue weighted by Crippen LogP contribution is -2.33. The van der Waals surface area contributed by atoms with Crippen molar-refractivity contribution in [2.45, 2.75) is 37.0 Å². The Kier molecular flexibility index (Phi) is 4.99. The van der Waals surface area contributed by atoms with Gasteiger partial charge in [-0.3, -0.25) is 9.52 Å². The number of fused-ring (bicyclic) bond motifs is 1. The molecule has 0 atom stereocenters. The molecule has 0 saturated heterocycles. The molecule has 0 unspecified atom stereocenters. The Morgan fingerprint density at radius 3 is 2.48 bits per heavy atom. The van der Waals surface area contributed by atoms with E-state index in [1.54, 1.807) is 30.3 Å². The molecule has 1 aliphatic carbocycles. The summed E-state index contributed by atoms with van der Waals surface area (Å²) in [6, 6.07) is 11.9. The van der Waals surface area contributed by atoms with E-state index in [4.69, 9.17) is 0 Å². The monoisotopic (exact) mass is 448 g/mol. The van der Waals surface area contributed by atoms with E-state index < -0.39 is 10.0 Å². The van der Waals surface area contributed by atoms with Gasteiger partial charge in [-0.25, -0.2) is 8.42 Å². The van der Waals surface area contributed by atoms with Crippen molar-refractivity contribution in [3.63, 3.8) is 0 Å². The van der Waals surface area contributed by atoms with Crippen molar-refractivity contribution in [2.75, 3.05) is 16.2 Å². The van der Waals surface area contributed by atoms with Crippen LogP contribution in [0.4, 0.5) is 11.4 Å². The van der Waals surface area contributed by atoms with Gasteiger partial charge >= 0.3 is 0 Å². The molecule has 1 amide bonds. The number of nitrogens with zero attached hydrogens (tertiary/aromatic N) is 1. The first-order chi connectivity index (χ1) is 12.9. The van der Waals surface area contributed by atoms with Crippen LogP contribution in [0.25, 0.3) is 0 Å². The number of halogens is 1. The van der Waals surface area contributed by atoms with Crippen molar-refractivity contribution in [1.29, 1.82) is 0 Å². The molecule has 142 valence electrons. The van der Waals surface area contributed by atoms with Crippen molar-refractivity contribution < 1.29 is 13.2 Å². The Morgan fingerprint density at radius 2 is 1.78 bits per heavy atom. The summed E-state index contributed by atoms with van der Waals surface area (Å²) in [7, 11) is -3.64. The smallest absolute Gasteiger partial charge is 0.261 e. The van der Waals surface area contributed by atoms with Crippen molar-refractivity contribution in [2.24, 2.45) is 5.92 Å². The Hall–Kier alpha value is -1.86. The summed E-state index contributed by atoms with van der Waals surface area (Å²) in [5.74, 6) is 0.362. The minimum atomic E-state index is -3.64. The van der Waals surface area contributed by atoms with Crippen LogP contribution < -0.4 is 9.62 Å². The number of nitrogens with one attached hydrogen (secondary N) is 1. The molecule has 5 nitrogen and oxygen atoms in total. The predicted octanol–water partition coefficient (Wildman–Crippen LogP) is 4.33. The van der Waals surface area contributed by atoms with E-state index in [2.05, 4.69) is 20.7 Å². The molecule has 0 radical (unpaired) electrons. The molecule has 1 aliphatic heterocycles. The van der Waals surface area contributed by atoms with Crippen molar-refractivity contribution >= 4 is 43.2 Å². The third kappa shape index (κ3) is 3.75. The number of hydrogen-bond donors (Lipinski definition) is 1. The molecular weight excluding hydrogens is 428 g/mol. The Balaban J connectivity index is 1.53.